The molecule has 9 heteroatoms. The zero-order valence-corrected chi connectivity index (χ0v) is 16.2. The molecule has 0 atom stereocenters. The maximum atomic E-state index is 5.34. The van der Waals surface area contributed by atoms with Gasteiger partial charge in [-0.25, -0.2) is 9.50 Å². The molecule has 3 heterocycles. The standard InChI is InChI=1S/C18H18N6O2S/c1-10-11(2)19-17-21-18(22-24(17)12(10)3)27-9-15-20-16(23-26-15)13-5-7-14(25-4)8-6-13/h5-8H,9H2,1-4H3. The fraction of sp³-hybridized carbons (Fsp3) is 0.278. The van der Waals surface area contributed by atoms with Crippen LogP contribution in [0.1, 0.15) is 22.8 Å². The highest BCUT2D eigenvalue weighted by Crippen LogP contribution is 2.23. The van der Waals surface area contributed by atoms with E-state index in [0.717, 1.165) is 28.3 Å². The van der Waals surface area contributed by atoms with Gasteiger partial charge in [-0.15, -0.1) is 5.10 Å². The van der Waals surface area contributed by atoms with E-state index in [9.17, 15) is 0 Å². The zero-order chi connectivity index (χ0) is 19.0. The van der Waals surface area contributed by atoms with Crippen molar-refractivity contribution in [3.05, 3.63) is 47.1 Å². The van der Waals surface area contributed by atoms with Crippen molar-refractivity contribution in [2.24, 2.45) is 0 Å². The van der Waals surface area contributed by atoms with E-state index < -0.39 is 0 Å². The Morgan fingerprint density at radius 2 is 1.85 bits per heavy atom. The number of rotatable bonds is 5. The lowest BCUT2D eigenvalue weighted by Gasteiger charge is -2.04. The predicted molar refractivity (Wildman–Crippen MR) is 101 cm³/mol. The van der Waals surface area contributed by atoms with Gasteiger partial charge >= 0.3 is 0 Å². The van der Waals surface area contributed by atoms with Crippen LogP contribution in [0, 0.1) is 20.8 Å². The number of benzene rings is 1. The summed E-state index contributed by atoms with van der Waals surface area (Å²) >= 11 is 1.43. The number of hydrogen-bond donors (Lipinski definition) is 0. The second-order valence-electron chi connectivity index (χ2n) is 6.04. The SMILES string of the molecule is COc1ccc(-c2noc(CSc3nc4nc(C)c(C)c(C)n4n3)n2)cc1. The summed E-state index contributed by atoms with van der Waals surface area (Å²) in [6.45, 7) is 6.02. The summed E-state index contributed by atoms with van der Waals surface area (Å²) < 4.78 is 12.3. The summed E-state index contributed by atoms with van der Waals surface area (Å²) in [5.41, 5.74) is 3.99. The highest BCUT2D eigenvalue weighted by molar-refractivity contribution is 7.98. The summed E-state index contributed by atoms with van der Waals surface area (Å²) in [6, 6.07) is 7.51. The van der Waals surface area contributed by atoms with E-state index in [1.54, 1.807) is 11.6 Å². The van der Waals surface area contributed by atoms with Crippen LogP contribution >= 0.6 is 11.8 Å². The van der Waals surface area contributed by atoms with Crippen LogP contribution in [-0.4, -0.2) is 36.8 Å². The van der Waals surface area contributed by atoms with Crippen molar-refractivity contribution in [3.63, 3.8) is 0 Å². The van der Waals surface area contributed by atoms with Crippen LogP contribution in [0.3, 0.4) is 0 Å². The average Bonchev–Trinajstić information content (AvgIpc) is 3.31. The number of methoxy groups -OCH3 is 1. The normalized spacial score (nSPS) is 11.3. The molecule has 138 valence electrons. The van der Waals surface area contributed by atoms with Crippen LogP contribution in [-0.2, 0) is 5.75 Å². The highest BCUT2D eigenvalue weighted by Gasteiger charge is 2.14. The van der Waals surface area contributed by atoms with E-state index >= 15 is 0 Å². The molecular formula is C18H18N6O2S. The lowest BCUT2D eigenvalue weighted by molar-refractivity contribution is 0.391. The third-order valence-electron chi connectivity index (χ3n) is 4.38. The topological polar surface area (TPSA) is 91.2 Å². The van der Waals surface area contributed by atoms with Gasteiger partial charge in [0.2, 0.25) is 16.9 Å². The Morgan fingerprint density at radius 1 is 1.07 bits per heavy atom. The van der Waals surface area contributed by atoms with E-state index in [-0.39, 0.29) is 0 Å². The van der Waals surface area contributed by atoms with Gasteiger partial charge in [0, 0.05) is 17.0 Å². The largest absolute Gasteiger partial charge is 0.497 e. The molecule has 0 aliphatic carbocycles. The second-order valence-corrected chi connectivity index (χ2v) is 6.99. The fourth-order valence-electron chi connectivity index (χ4n) is 2.60. The third kappa shape index (κ3) is 3.37. The molecule has 0 unspecified atom stereocenters. The third-order valence-corrected chi connectivity index (χ3v) is 5.20. The van der Waals surface area contributed by atoms with Gasteiger partial charge in [-0.1, -0.05) is 16.9 Å². The Morgan fingerprint density at radius 3 is 2.59 bits per heavy atom. The van der Waals surface area contributed by atoms with Crippen molar-refractivity contribution >= 4 is 17.5 Å². The van der Waals surface area contributed by atoms with E-state index in [2.05, 4.69) is 25.2 Å². The van der Waals surface area contributed by atoms with E-state index in [1.807, 2.05) is 45.0 Å². The molecule has 0 aliphatic rings. The van der Waals surface area contributed by atoms with Crippen molar-refractivity contribution in [1.82, 2.24) is 29.7 Å². The summed E-state index contributed by atoms with van der Waals surface area (Å²) in [5, 5.41) is 9.18. The van der Waals surface area contributed by atoms with Gasteiger partial charge in [0.25, 0.3) is 5.78 Å². The summed E-state index contributed by atoms with van der Waals surface area (Å²) in [5.74, 6) is 2.92. The molecule has 0 spiro atoms. The molecule has 3 aromatic heterocycles. The van der Waals surface area contributed by atoms with Gasteiger partial charge in [0.1, 0.15) is 5.75 Å². The molecule has 8 nitrogen and oxygen atoms in total. The van der Waals surface area contributed by atoms with Crippen LogP contribution in [0.5, 0.6) is 5.75 Å². The Balaban J connectivity index is 1.50. The first-order valence-electron chi connectivity index (χ1n) is 8.35. The quantitative estimate of drug-likeness (QED) is 0.485. The number of ether oxygens (including phenoxy) is 1. The molecular weight excluding hydrogens is 364 g/mol. The first-order chi connectivity index (χ1) is 13.0. The molecule has 0 radical (unpaired) electrons. The maximum absolute atomic E-state index is 5.34. The summed E-state index contributed by atoms with van der Waals surface area (Å²) in [4.78, 5) is 13.4. The molecule has 0 aliphatic heterocycles. The number of aromatic nitrogens is 6. The molecule has 0 saturated heterocycles. The van der Waals surface area contributed by atoms with Crippen molar-refractivity contribution in [2.75, 3.05) is 7.11 Å². The predicted octanol–water partition coefficient (Wildman–Crippen LogP) is 3.40. The number of fused-ring (bicyclic) bond motifs is 1. The van der Waals surface area contributed by atoms with Crippen molar-refractivity contribution < 1.29 is 9.26 Å². The minimum Gasteiger partial charge on any atom is -0.497 e. The van der Waals surface area contributed by atoms with Crippen LogP contribution in [0.15, 0.2) is 33.9 Å². The molecule has 4 rings (SSSR count). The van der Waals surface area contributed by atoms with Crippen LogP contribution in [0.4, 0.5) is 0 Å². The fourth-order valence-corrected chi connectivity index (χ4v) is 3.25. The molecule has 0 amide bonds. The van der Waals surface area contributed by atoms with Gasteiger partial charge in [0.05, 0.1) is 12.9 Å². The van der Waals surface area contributed by atoms with E-state index in [0.29, 0.717) is 28.4 Å². The Kier molecular flexibility index (Phi) is 4.53. The van der Waals surface area contributed by atoms with E-state index in [1.165, 1.54) is 11.8 Å². The lowest BCUT2D eigenvalue weighted by Crippen LogP contribution is -2.02. The van der Waals surface area contributed by atoms with Gasteiger partial charge in [-0.05, 0) is 50.6 Å². The smallest absolute Gasteiger partial charge is 0.253 e. The molecule has 0 bridgehead atoms. The second kappa shape index (κ2) is 6.99. The van der Waals surface area contributed by atoms with Crippen LogP contribution in [0.25, 0.3) is 17.2 Å². The minimum atomic E-state index is 0.483. The highest BCUT2D eigenvalue weighted by atomic mass is 32.2. The molecule has 4 aromatic rings. The summed E-state index contributed by atoms with van der Waals surface area (Å²) in [6.07, 6.45) is 0. The molecule has 27 heavy (non-hydrogen) atoms. The Bertz CT molecular complexity index is 1100. The number of aryl methyl sites for hydroxylation is 2. The molecule has 0 saturated carbocycles. The number of nitrogens with zero attached hydrogens (tertiary/aromatic N) is 6. The summed E-state index contributed by atoms with van der Waals surface area (Å²) in [7, 11) is 1.63. The molecule has 0 N–H and O–H groups in total. The molecule has 0 fully saturated rings. The van der Waals surface area contributed by atoms with Crippen LogP contribution in [0.2, 0.25) is 0 Å². The Hall–Kier alpha value is -2.94. The van der Waals surface area contributed by atoms with Crippen molar-refractivity contribution in [3.8, 4) is 17.1 Å². The number of thioether (sulfide) groups is 1. The van der Waals surface area contributed by atoms with Gasteiger partial charge < -0.3 is 9.26 Å². The van der Waals surface area contributed by atoms with Gasteiger partial charge in [-0.2, -0.15) is 9.97 Å². The molecule has 1 aromatic carbocycles. The van der Waals surface area contributed by atoms with Crippen LogP contribution < -0.4 is 4.74 Å². The Labute approximate surface area is 160 Å². The lowest BCUT2D eigenvalue weighted by atomic mass is 10.2. The first kappa shape index (κ1) is 17.5. The average molecular weight is 382 g/mol. The van der Waals surface area contributed by atoms with Gasteiger partial charge in [-0.3, -0.25) is 0 Å². The monoisotopic (exact) mass is 382 g/mol. The number of hydrogen-bond acceptors (Lipinski definition) is 8. The van der Waals surface area contributed by atoms with Gasteiger partial charge in [0.15, 0.2) is 0 Å². The minimum absolute atomic E-state index is 0.483. The van der Waals surface area contributed by atoms with Crippen molar-refractivity contribution in [2.45, 2.75) is 31.7 Å². The maximum Gasteiger partial charge on any atom is 0.253 e. The van der Waals surface area contributed by atoms with E-state index in [4.69, 9.17) is 9.26 Å². The first-order valence-corrected chi connectivity index (χ1v) is 9.34. The zero-order valence-electron chi connectivity index (χ0n) is 15.4. The van der Waals surface area contributed by atoms with Crippen molar-refractivity contribution in [1.29, 1.82) is 0 Å².